The Labute approximate surface area is 137 Å². The van der Waals surface area contributed by atoms with Gasteiger partial charge in [-0.1, -0.05) is 32.6 Å². The first-order valence-electron chi connectivity index (χ1n) is 8.29. The van der Waals surface area contributed by atoms with Crippen LogP contribution in [0.5, 0.6) is 5.75 Å². The summed E-state index contributed by atoms with van der Waals surface area (Å²) in [6, 6.07) is 7.31. The van der Waals surface area contributed by atoms with Gasteiger partial charge in [-0.15, -0.1) is 0 Å². The number of ether oxygens (including phenoxy) is 1. The number of unbranched alkanes of at least 4 members (excludes halogenated alkanes) is 4. The molecule has 0 saturated heterocycles. The van der Waals surface area contributed by atoms with Crippen LogP contribution in [0.15, 0.2) is 36.7 Å². The number of aryl methyl sites for hydroxylation is 1. The molecule has 0 aliphatic carbocycles. The Morgan fingerprint density at radius 2 is 1.65 bits per heavy atom. The second-order valence-electron chi connectivity index (χ2n) is 5.75. The Morgan fingerprint density at radius 1 is 1.00 bits per heavy atom. The van der Waals surface area contributed by atoms with E-state index in [0.717, 1.165) is 24.0 Å². The molecule has 0 fully saturated rings. The van der Waals surface area contributed by atoms with Gasteiger partial charge in [-0.2, -0.15) is 0 Å². The van der Waals surface area contributed by atoms with Crippen LogP contribution in [0.4, 0.5) is 0 Å². The number of aromatic nitrogens is 2. The maximum atomic E-state index is 11.8. The van der Waals surface area contributed by atoms with Crippen molar-refractivity contribution >= 4 is 5.97 Å². The Morgan fingerprint density at radius 3 is 2.30 bits per heavy atom. The van der Waals surface area contributed by atoms with Gasteiger partial charge in [0.05, 0.1) is 0 Å². The fourth-order valence-corrected chi connectivity index (χ4v) is 2.27. The highest BCUT2D eigenvalue weighted by Gasteiger charge is 2.06. The molecule has 122 valence electrons. The van der Waals surface area contributed by atoms with Gasteiger partial charge in [0.2, 0.25) is 0 Å². The molecule has 0 aliphatic heterocycles. The van der Waals surface area contributed by atoms with Crippen LogP contribution in [0.2, 0.25) is 0 Å². The van der Waals surface area contributed by atoms with Crippen LogP contribution < -0.4 is 4.74 Å². The van der Waals surface area contributed by atoms with Crippen LogP contribution in [0.3, 0.4) is 0 Å². The van der Waals surface area contributed by atoms with Crippen molar-refractivity contribution in [2.24, 2.45) is 0 Å². The monoisotopic (exact) mass is 312 g/mol. The van der Waals surface area contributed by atoms with Crippen LogP contribution in [0.1, 0.15) is 51.0 Å². The van der Waals surface area contributed by atoms with Gasteiger partial charge >= 0.3 is 5.97 Å². The third kappa shape index (κ3) is 5.81. The highest BCUT2D eigenvalue weighted by Crippen LogP contribution is 2.19. The summed E-state index contributed by atoms with van der Waals surface area (Å²) in [6.45, 7) is 4.13. The first-order valence-corrected chi connectivity index (χ1v) is 8.29. The number of esters is 1. The average Bonchev–Trinajstić information content (AvgIpc) is 2.56. The van der Waals surface area contributed by atoms with Gasteiger partial charge in [-0.3, -0.25) is 4.79 Å². The van der Waals surface area contributed by atoms with E-state index in [1.54, 1.807) is 24.5 Å². The number of benzene rings is 1. The van der Waals surface area contributed by atoms with Crippen LogP contribution in [0.25, 0.3) is 11.4 Å². The van der Waals surface area contributed by atoms with Crippen LogP contribution >= 0.6 is 0 Å². The zero-order valence-electron chi connectivity index (χ0n) is 13.9. The normalized spacial score (nSPS) is 10.5. The second kappa shape index (κ2) is 9.03. The van der Waals surface area contributed by atoms with Crippen molar-refractivity contribution in [2.75, 3.05) is 0 Å². The van der Waals surface area contributed by atoms with Gasteiger partial charge in [-0.25, -0.2) is 9.97 Å². The molecule has 23 heavy (non-hydrogen) atoms. The van der Waals surface area contributed by atoms with E-state index in [0.29, 0.717) is 18.0 Å². The predicted molar refractivity (Wildman–Crippen MR) is 91.2 cm³/mol. The van der Waals surface area contributed by atoms with Crippen molar-refractivity contribution in [1.82, 2.24) is 9.97 Å². The third-order valence-corrected chi connectivity index (χ3v) is 3.61. The molecule has 0 saturated carbocycles. The van der Waals surface area contributed by atoms with Gasteiger partial charge in [0.15, 0.2) is 5.82 Å². The minimum Gasteiger partial charge on any atom is -0.427 e. The number of carbonyl (C=O) groups is 1. The van der Waals surface area contributed by atoms with E-state index in [4.69, 9.17) is 4.74 Å². The summed E-state index contributed by atoms with van der Waals surface area (Å²) in [5.74, 6) is 1.07. The number of hydrogen-bond acceptors (Lipinski definition) is 4. The van der Waals surface area contributed by atoms with Crippen molar-refractivity contribution in [2.45, 2.75) is 52.4 Å². The summed E-state index contributed by atoms with van der Waals surface area (Å²) in [5, 5.41) is 0. The van der Waals surface area contributed by atoms with Gasteiger partial charge in [-0.05, 0) is 43.2 Å². The lowest BCUT2D eigenvalue weighted by atomic mass is 10.1. The molecule has 0 atom stereocenters. The molecule has 2 aromatic rings. The topological polar surface area (TPSA) is 52.1 Å². The summed E-state index contributed by atoms with van der Waals surface area (Å²) in [4.78, 5) is 20.4. The van der Waals surface area contributed by atoms with Crippen molar-refractivity contribution < 1.29 is 9.53 Å². The van der Waals surface area contributed by atoms with Crippen molar-refractivity contribution in [3.63, 3.8) is 0 Å². The Hall–Kier alpha value is -2.23. The van der Waals surface area contributed by atoms with E-state index < -0.39 is 0 Å². The Balaban J connectivity index is 1.82. The minimum absolute atomic E-state index is 0.166. The number of carbonyl (C=O) groups excluding carboxylic acids is 1. The summed E-state index contributed by atoms with van der Waals surface area (Å²) in [5.41, 5.74) is 1.93. The van der Waals surface area contributed by atoms with E-state index in [9.17, 15) is 4.79 Å². The van der Waals surface area contributed by atoms with E-state index in [2.05, 4.69) is 16.9 Å². The predicted octanol–water partition coefficient (Wildman–Crippen LogP) is 4.72. The molecule has 1 heterocycles. The molecule has 0 unspecified atom stereocenters. The smallest absolute Gasteiger partial charge is 0.311 e. The fraction of sp³-hybridized carbons (Fsp3) is 0.421. The quantitative estimate of drug-likeness (QED) is 0.402. The molecule has 4 heteroatoms. The molecule has 0 spiro atoms. The fourth-order valence-electron chi connectivity index (χ4n) is 2.27. The molecular weight excluding hydrogens is 288 g/mol. The summed E-state index contributed by atoms with van der Waals surface area (Å²) in [7, 11) is 0. The lowest BCUT2D eigenvalue weighted by Crippen LogP contribution is -2.07. The molecule has 0 bridgehead atoms. The van der Waals surface area contributed by atoms with E-state index in [1.807, 2.05) is 19.1 Å². The molecule has 0 N–H and O–H groups in total. The van der Waals surface area contributed by atoms with Crippen molar-refractivity contribution in [3.8, 4) is 17.1 Å². The first kappa shape index (κ1) is 17.1. The first-order chi connectivity index (χ1) is 11.2. The zero-order valence-corrected chi connectivity index (χ0v) is 13.9. The second-order valence-corrected chi connectivity index (χ2v) is 5.75. The van der Waals surface area contributed by atoms with Crippen LogP contribution in [0, 0.1) is 6.92 Å². The standard InChI is InChI=1S/C19H24N2O2/c1-3-4-5-6-7-8-18(22)23-17-11-9-16(10-12-17)19-20-13-15(2)14-21-19/h9-14H,3-8H2,1-2H3. The maximum Gasteiger partial charge on any atom is 0.311 e. The number of hydrogen-bond donors (Lipinski definition) is 0. The van der Waals surface area contributed by atoms with E-state index in [1.165, 1.54) is 19.3 Å². The van der Waals surface area contributed by atoms with Crippen LogP contribution in [-0.4, -0.2) is 15.9 Å². The largest absolute Gasteiger partial charge is 0.427 e. The molecule has 0 aliphatic rings. The van der Waals surface area contributed by atoms with E-state index in [-0.39, 0.29) is 5.97 Å². The maximum absolute atomic E-state index is 11.8. The molecule has 1 aromatic carbocycles. The lowest BCUT2D eigenvalue weighted by Gasteiger charge is -2.05. The van der Waals surface area contributed by atoms with Gasteiger partial charge < -0.3 is 4.74 Å². The number of nitrogens with zero attached hydrogens (tertiary/aromatic N) is 2. The third-order valence-electron chi connectivity index (χ3n) is 3.61. The molecule has 0 radical (unpaired) electrons. The number of rotatable bonds is 8. The van der Waals surface area contributed by atoms with Gasteiger partial charge in [0.1, 0.15) is 5.75 Å². The van der Waals surface area contributed by atoms with Crippen molar-refractivity contribution in [1.29, 1.82) is 0 Å². The zero-order chi connectivity index (χ0) is 16.5. The highest BCUT2D eigenvalue weighted by molar-refractivity contribution is 5.72. The lowest BCUT2D eigenvalue weighted by molar-refractivity contribution is -0.134. The molecular formula is C19H24N2O2. The summed E-state index contributed by atoms with van der Waals surface area (Å²) < 4.78 is 5.35. The SMILES string of the molecule is CCCCCCCC(=O)Oc1ccc(-c2ncc(C)cn2)cc1. The Bertz CT molecular complexity index is 606. The van der Waals surface area contributed by atoms with E-state index >= 15 is 0 Å². The molecule has 4 nitrogen and oxygen atoms in total. The molecule has 1 aromatic heterocycles. The highest BCUT2D eigenvalue weighted by atomic mass is 16.5. The molecule has 0 amide bonds. The van der Waals surface area contributed by atoms with Crippen molar-refractivity contribution in [3.05, 3.63) is 42.2 Å². The minimum atomic E-state index is -0.166. The van der Waals surface area contributed by atoms with Crippen LogP contribution in [-0.2, 0) is 4.79 Å². The summed E-state index contributed by atoms with van der Waals surface area (Å²) >= 11 is 0. The summed E-state index contributed by atoms with van der Waals surface area (Å²) in [6.07, 6.45) is 9.67. The Kier molecular flexibility index (Phi) is 6.73. The van der Waals surface area contributed by atoms with Gasteiger partial charge in [0.25, 0.3) is 0 Å². The van der Waals surface area contributed by atoms with Gasteiger partial charge in [0, 0.05) is 24.4 Å². The molecule has 2 rings (SSSR count). The average molecular weight is 312 g/mol.